The van der Waals surface area contributed by atoms with Gasteiger partial charge >= 0.3 is 0 Å². The van der Waals surface area contributed by atoms with Crippen LogP contribution in [-0.4, -0.2) is 8.75 Å². The summed E-state index contributed by atoms with van der Waals surface area (Å²) in [5, 5.41) is 19.6. The summed E-state index contributed by atoms with van der Waals surface area (Å²) >= 11 is 1.15. The second-order valence-electron chi connectivity index (χ2n) is 12.2. The summed E-state index contributed by atoms with van der Waals surface area (Å²) in [7, 11) is 0. The van der Waals surface area contributed by atoms with E-state index >= 15 is 0 Å². The van der Waals surface area contributed by atoms with Crippen LogP contribution in [0.15, 0.2) is 181 Å². The van der Waals surface area contributed by atoms with Crippen molar-refractivity contribution in [3.63, 3.8) is 0 Å². The lowest BCUT2D eigenvalue weighted by Crippen LogP contribution is -2.09. The number of hydrogen-bond donors (Lipinski definition) is 0. The normalized spacial score (nSPS) is 10.6. The van der Waals surface area contributed by atoms with E-state index in [1.165, 1.54) is 0 Å². The molecule has 0 aliphatic heterocycles. The van der Waals surface area contributed by atoms with Gasteiger partial charge in [-0.05, 0) is 102 Å². The van der Waals surface area contributed by atoms with Gasteiger partial charge < -0.3 is 9.80 Å². The van der Waals surface area contributed by atoms with Crippen molar-refractivity contribution in [2.45, 2.75) is 0 Å². The van der Waals surface area contributed by atoms with Crippen LogP contribution in [0.3, 0.4) is 0 Å². The van der Waals surface area contributed by atoms with Crippen LogP contribution in [0.25, 0.3) is 39.4 Å². The molecule has 53 heavy (non-hydrogen) atoms. The molecule has 8 aromatic rings. The molecule has 0 aliphatic rings. The third-order valence-corrected chi connectivity index (χ3v) is 9.55. The van der Waals surface area contributed by atoms with Crippen LogP contribution < -0.4 is 9.80 Å². The van der Waals surface area contributed by atoms with E-state index in [1.54, 1.807) is 6.08 Å². The molecule has 8 rings (SSSR count). The van der Waals surface area contributed by atoms with Crippen LogP contribution in [0, 0.1) is 22.7 Å². The fourth-order valence-corrected chi connectivity index (χ4v) is 7.18. The molecule has 0 saturated heterocycles. The van der Waals surface area contributed by atoms with Gasteiger partial charge in [-0.2, -0.15) is 19.3 Å². The molecule has 0 aliphatic carbocycles. The van der Waals surface area contributed by atoms with E-state index in [2.05, 4.69) is 107 Å². The number of nitriles is 2. The first-order valence-electron chi connectivity index (χ1n) is 17.0. The third kappa shape index (κ3) is 6.64. The van der Waals surface area contributed by atoms with E-state index in [4.69, 9.17) is 8.75 Å². The quantitative estimate of drug-likeness (QED) is 0.140. The number of hydrogen-bond acceptors (Lipinski definition) is 7. The van der Waals surface area contributed by atoms with Gasteiger partial charge in [0, 0.05) is 45.3 Å². The lowest BCUT2D eigenvalue weighted by atomic mass is 9.91. The Morgan fingerprint density at radius 1 is 0.472 bits per heavy atom. The van der Waals surface area contributed by atoms with Crippen molar-refractivity contribution in [2.75, 3.05) is 9.80 Å². The van der Waals surface area contributed by atoms with Crippen LogP contribution in [0.1, 0.15) is 5.56 Å². The predicted molar refractivity (Wildman–Crippen MR) is 217 cm³/mol. The molecule has 250 valence electrons. The average Bonchev–Trinajstić information content (AvgIpc) is 3.72. The first-order chi connectivity index (χ1) is 26.2. The molecular weight excluding hydrogens is 669 g/mol. The van der Waals surface area contributed by atoms with Crippen molar-refractivity contribution in [1.82, 2.24) is 8.75 Å². The minimum absolute atomic E-state index is 0.00685. The van der Waals surface area contributed by atoms with Crippen molar-refractivity contribution in [2.24, 2.45) is 0 Å². The number of aromatic nitrogens is 2. The van der Waals surface area contributed by atoms with Gasteiger partial charge in [-0.1, -0.05) is 97.1 Å². The van der Waals surface area contributed by atoms with Gasteiger partial charge in [0.25, 0.3) is 0 Å². The lowest BCUT2D eigenvalue weighted by molar-refractivity contribution is 1.28. The van der Waals surface area contributed by atoms with Crippen molar-refractivity contribution in [1.29, 1.82) is 10.5 Å². The molecule has 1 heterocycles. The Bertz CT molecular complexity index is 2510. The van der Waals surface area contributed by atoms with Gasteiger partial charge in [-0.15, -0.1) is 0 Å². The van der Waals surface area contributed by atoms with Crippen molar-refractivity contribution in [3.05, 3.63) is 187 Å². The molecule has 0 N–H and O–H groups in total. The Balaban J connectivity index is 1.23. The molecule has 0 saturated carbocycles. The summed E-state index contributed by atoms with van der Waals surface area (Å²) in [5.74, 6) is 0. The van der Waals surface area contributed by atoms with Crippen LogP contribution in [0.4, 0.5) is 34.1 Å². The van der Waals surface area contributed by atoms with E-state index in [9.17, 15) is 10.5 Å². The topological polar surface area (TPSA) is 79.8 Å². The molecule has 0 amide bonds. The van der Waals surface area contributed by atoms with E-state index < -0.39 is 0 Å². The smallest absolute Gasteiger partial charge is 0.130 e. The van der Waals surface area contributed by atoms with Crippen LogP contribution >= 0.6 is 11.7 Å². The van der Waals surface area contributed by atoms with Crippen molar-refractivity contribution < 1.29 is 0 Å². The zero-order valence-corrected chi connectivity index (χ0v) is 29.2. The number of nitrogens with zero attached hydrogens (tertiary/aromatic N) is 6. The highest BCUT2D eigenvalue weighted by molar-refractivity contribution is 7.00. The molecule has 0 unspecified atom stereocenters. The van der Waals surface area contributed by atoms with E-state index in [0.717, 1.165) is 73.6 Å². The average molecular weight is 699 g/mol. The molecule has 0 fully saturated rings. The fourth-order valence-electron chi connectivity index (χ4n) is 6.61. The minimum atomic E-state index is 0.00685. The lowest BCUT2D eigenvalue weighted by Gasteiger charge is -2.25. The van der Waals surface area contributed by atoms with Gasteiger partial charge in [0.15, 0.2) is 0 Å². The summed E-state index contributed by atoms with van der Waals surface area (Å²) in [6.07, 6.45) is 1.65. The van der Waals surface area contributed by atoms with Crippen LogP contribution in [-0.2, 0) is 0 Å². The standard InChI is InChI=1S/C46H30N6S/c47-31-33(32-48)29-36-30-43(34-21-25-41(26-22-34)51(37-13-5-1-6-14-37)38-15-7-2-8-16-38)45-46(50-53-49-45)44(36)35-23-27-42(28-24-35)52(39-17-9-3-10-18-39)40-19-11-4-12-20-40/h1-30H. The molecule has 6 nitrogen and oxygen atoms in total. The Kier molecular flexibility index (Phi) is 9.23. The summed E-state index contributed by atoms with van der Waals surface area (Å²) in [6.45, 7) is 0. The number of benzene rings is 7. The van der Waals surface area contributed by atoms with E-state index in [0.29, 0.717) is 11.1 Å². The van der Waals surface area contributed by atoms with E-state index in [1.807, 2.05) is 91.0 Å². The number of allylic oxidation sites excluding steroid dienone is 1. The van der Waals surface area contributed by atoms with Gasteiger partial charge in [-0.25, -0.2) is 0 Å². The molecular formula is C46H30N6S. The minimum Gasteiger partial charge on any atom is -0.311 e. The van der Waals surface area contributed by atoms with Crippen LogP contribution in [0.5, 0.6) is 0 Å². The SMILES string of the molecule is N#CC(C#N)=Cc1cc(-c2ccc(N(c3ccccc3)c3ccccc3)cc2)c2nsnc2c1-c1ccc(N(c2ccccc2)c2ccccc2)cc1. The van der Waals surface area contributed by atoms with Gasteiger partial charge in [0.05, 0.1) is 11.7 Å². The summed E-state index contributed by atoms with van der Waals surface area (Å²) in [5.41, 5.74) is 11.9. The Hall–Kier alpha value is -7.32. The zero-order valence-electron chi connectivity index (χ0n) is 28.4. The number of anilines is 6. The number of para-hydroxylation sites is 4. The van der Waals surface area contributed by atoms with Gasteiger partial charge in [-0.3, -0.25) is 0 Å². The second kappa shape index (κ2) is 14.9. The summed E-state index contributed by atoms with van der Waals surface area (Å²) in [6, 6.07) is 63.8. The summed E-state index contributed by atoms with van der Waals surface area (Å²) < 4.78 is 9.58. The summed E-state index contributed by atoms with van der Waals surface area (Å²) in [4.78, 5) is 4.42. The first-order valence-corrected chi connectivity index (χ1v) is 17.8. The largest absolute Gasteiger partial charge is 0.311 e. The maximum atomic E-state index is 9.82. The third-order valence-electron chi connectivity index (χ3n) is 9.02. The fraction of sp³-hybridized carbons (Fsp3) is 0. The highest BCUT2D eigenvalue weighted by atomic mass is 32.1. The molecule has 1 aromatic heterocycles. The molecule has 0 bridgehead atoms. The monoisotopic (exact) mass is 698 g/mol. The Labute approximate surface area is 312 Å². The predicted octanol–water partition coefficient (Wildman–Crippen LogP) is 12.4. The molecule has 7 heteroatoms. The maximum absolute atomic E-state index is 9.82. The van der Waals surface area contributed by atoms with Crippen molar-refractivity contribution in [3.8, 4) is 34.4 Å². The number of fused-ring (bicyclic) bond motifs is 1. The Morgan fingerprint density at radius 2 is 0.849 bits per heavy atom. The molecule has 0 spiro atoms. The van der Waals surface area contributed by atoms with Crippen molar-refractivity contribution >= 4 is 63.0 Å². The van der Waals surface area contributed by atoms with Gasteiger partial charge in [0.2, 0.25) is 0 Å². The highest BCUT2D eigenvalue weighted by Gasteiger charge is 2.20. The maximum Gasteiger partial charge on any atom is 0.130 e. The molecule has 0 atom stereocenters. The Morgan fingerprint density at radius 3 is 1.26 bits per heavy atom. The number of rotatable bonds is 9. The zero-order chi connectivity index (χ0) is 36.0. The first kappa shape index (κ1) is 32.9. The highest BCUT2D eigenvalue weighted by Crippen LogP contribution is 2.42. The second-order valence-corrected chi connectivity index (χ2v) is 12.8. The van der Waals surface area contributed by atoms with Crippen LogP contribution in [0.2, 0.25) is 0 Å². The van der Waals surface area contributed by atoms with Gasteiger partial charge in [0.1, 0.15) is 28.7 Å². The molecule has 0 radical (unpaired) electrons. The van der Waals surface area contributed by atoms with E-state index in [-0.39, 0.29) is 5.57 Å². The molecule has 7 aromatic carbocycles.